The zero-order valence-corrected chi connectivity index (χ0v) is 6.72. The standard InChI is InChI=1S/C7H14ClNO/c1-2-3-7(10)4-6(8)5-9/h2,6-7,10H,1,3-5,9H2. The predicted molar refractivity (Wildman–Crippen MR) is 44.1 cm³/mol. The summed E-state index contributed by atoms with van der Waals surface area (Å²) in [6, 6.07) is 0. The molecular formula is C7H14ClNO. The minimum Gasteiger partial charge on any atom is -0.393 e. The van der Waals surface area contributed by atoms with Crippen LogP contribution in [-0.2, 0) is 0 Å². The number of aliphatic hydroxyl groups is 1. The first kappa shape index (κ1) is 9.95. The summed E-state index contributed by atoms with van der Waals surface area (Å²) < 4.78 is 0. The number of alkyl halides is 1. The molecule has 0 aliphatic heterocycles. The van der Waals surface area contributed by atoms with E-state index in [0.29, 0.717) is 19.4 Å². The van der Waals surface area contributed by atoms with Gasteiger partial charge in [-0.05, 0) is 12.8 Å². The molecule has 0 saturated heterocycles. The zero-order valence-electron chi connectivity index (χ0n) is 5.96. The molecule has 10 heavy (non-hydrogen) atoms. The molecule has 3 heteroatoms. The summed E-state index contributed by atoms with van der Waals surface area (Å²) in [4.78, 5) is 0. The molecule has 2 unspecified atom stereocenters. The van der Waals surface area contributed by atoms with Crippen molar-refractivity contribution < 1.29 is 5.11 Å². The molecule has 0 fully saturated rings. The van der Waals surface area contributed by atoms with E-state index >= 15 is 0 Å². The van der Waals surface area contributed by atoms with Crippen LogP contribution in [0.25, 0.3) is 0 Å². The largest absolute Gasteiger partial charge is 0.393 e. The van der Waals surface area contributed by atoms with Crippen molar-refractivity contribution in [2.75, 3.05) is 6.54 Å². The third-order valence-corrected chi connectivity index (χ3v) is 1.58. The number of rotatable bonds is 5. The first-order chi connectivity index (χ1) is 4.70. The second kappa shape index (κ2) is 5.71. The minimum absolute atomic E-state index is 0.116. The summed E-state index contributed by atoms with van der Waals surface area (Å²) in [5, 5.41) is 9.02. The van der Waals surface area contributed by atoms with Gasteiger partial charge in [-0.3, -0.25) is 0 Å². The van der Waals surface area contributed by atoms with E-state index in [1.54, 1.807) is 6.08 Å². The molecule has 0 aromatic heterocycles. The van der Waals surface area contributed by atoms with Gasteiger partial charge in [-0.15, -0.1) is 18.2 Å². The highest BCUT2D eigenvalue weighted by atomic mass is 35.5. The molecule has 0 radical (unpaired) electrons. The van der Waals surface area contributed by atoms with E-state index in [-0.39, 0.29) is 11.5 Å². The lowest BCUT2D eigenvalue weighted by Gasteiger charge is -2.10. The van der Waals surface area contributed by atoms with E-state index in [9.17, 15) is 0 Å². The Kier molecular flexibility index (Phi) is 5.69. The lowest BCUT2D eigenvalue weighted by molar-refractivity contribution is 0.167. The third-order valence-electron chi connectivity index (χ3n) is 1.22. The van der Waals surface area contributed by atoms with Gasteiger partial charge in [0.2, 0.25) is 0 Å². The summed E-state index contributed by atoms with van der Waals surface area (Å²) in [5.74, 6) is 0. The van der Waals surface area contributed by atoms with Crippen LogP contribution in [-0.4, -0.2) is 23.1 Å². The fourth-order valence-electron chi connectivity index (χ4n) is 0.680. The van der Waals surface area contributed by atoms with Gasteiger partial charge in [0.1, 0.15) is 0 Å². The maximum absolute atomic E-state index is 9.14. The van der Waals surface area contributed by atoms with Crippen LogP contribution in [0.2, 0.25) is 0 Å². The molecular weight excluding hydrogens is 150 g/mol. The second-order valence-corrected chi connectivity index (χ2v) is 2.86. The van der Waals surface area contributed by atoms with E-state index in [2.05, 4.69) is 6.58 Å². The molecule has 0 rings (SSSR count). The lowest BCUT2D eigenvalue weighted by Crippen LogP contribution is -2.20. The Hall–Kier alpha value is -0.0500. The van der Waals surface area contributed by atoms with Gasteiger partial charge in [0.05, 0.1) is 6.10 Å². The van der Waals surface area contributed by atoms with E-state index in [1.165, 1.54) is 0 Å². The topological polar surface area (TPSA) is 46.2 Å². The van der Waals surface area contributed by atoms with Crippen molar-refractivity contribution in [3.63, 3.8) is 0 Å². The van der Waals surface area contributed by atoms with Crippen molar-refractivity contribution in [2.45, 2.75) is 24.3 Å². The van der Waals surface area contributed by atoms with Gasteiger partial charge in [-0.2, -0.15) is 0 Å². The average Bonchev–Trinajstić information content (AvgIpc) is 1.88. The number of aliphatic hydroxyl groups excluding tert-OH is 1. The Morgan fingerprint density at radius 3 is 2.70 bits per heavy atom. The van der Waals surface area contributed by atoms with Crippen LogP contribution in [0.1, 0.15) is 12.8 Å². The van der Waals surface area contributed by atoms with Gasteiger partial charge in [0.15, 0.2) is 0 Å². The maximum atomic E-state index is 9.14. The summed E-state index contributed by atoms with van der Waals surface area (Å²) in [7, 11) is 0. The fraction of sp³-hybridized carbons (Fsp3) is 0.714. The number of nitrogens with two attached hydrogens (primary N) is 1. The molecule has 0 aromatic rings. The van der Waals surface area contributed by atoms with E-state index in [4.69, 9.17) is 22.4 Å². The highest BCUT2D eigenvalue weighted by molar-refractivity contribution is 6.20. The molecule has 2 nitrogen and oxygen atoms in total. The molecule has 0 spiro atoms. The molecule has 0 aromatic carbocycles. The van der Waals surface area contributed by atoms with Crippen molar-refractivity contribution >= 4 is 11.6 Å². The molecule has 0 bridgehead atoms. The lowest BCUT2D eigenvalue weighted by atomic mass is 10.1. The first-order valence-corrected chi connectivity index (χ1v) is 3.77. The van der Waals surface area contributed by atoms with Crippen molar-refractivity contribution in [1.29, 1.82) is 0 Å². The van der Waals surface area contributed by atoms with Crippen LogP contribution in [0.3, 0.4) is 0 Å². The summed E-state index contributed by atoms with van der Waals surface area (Å²) in [6.07, 6.45) is 2.42. The molecule has 0 saturated carbocycles. The van der Waals surface area contributed by atoms with Gasteiger partial charge in [0, 0.05) is 11.9 Å². The molecule has 3 N–H and O–H groups in total. The first-order valence-electron chi connectivity index (χ1n) is 3.33. The van der Waals surface area contributed by atoms with Gasteiger partial charge in [-0.25, -0.2) is 0 Å². The molecule has 0 aliphatic carbocycles. The van der Waals surface area contributed by atoms with E-state index in [1.807, 2.05) is 0 Å². The van der Waals surface area contributed by atoms with E-state index < -0.39 is 0 Å². The van der Waals surface area contributed by atoms with Crippen LogP contribution in [0, 0.1) is 0 Å². The van der Waals surface area contributed by atoms with Gasteiger partial charge in [0.25, 0.3) is 0 Å². The number of hydrogen-bond donors (Lipinski definition) is 2. The number of hydrogen-bond acceptors (Lipinski definition) is 2. The van der Waals surface area contributed by atoms with Crippen LogP contribution < -0.4 is 5.73 Å². The van der Waals surface area contributed by atoms with Crippen molar-refractivity contribution in [1.82, 2.24) is 0 Å². The predicted octanol–water partition coefficient (Wildman–Crippen LogP) is 0.880. The molecule has 0 heterocycles. The highest BCUT2D eigenvalue weighted by Gasteiger charge is 2.08. The summed E-state index contributed by atoms with van der Waals surface area (Å²) >= 11 is 5.68. The second-order valence-electron chi connectivity index (χ2n) is 2.25. The van der Waals surface area contributed by atoms with Gasteiger partial charge in [-0.1, -0.05) is 6.08 Å². The number of halogens is 1. The Bertz CT molecular complexity index is 97.6. The quantitative estimate of drug-likeness (QED) is 0.467. The molecule has 0 aliphatic rings. The Morgan fingerprint density at radius 2 is 2.30 bits per heavy atom. The zero-order chi connectivity index (χ0) is 7.98. The van der Waals surface area contributed by atoms with Gasteiger partial charge < -0.3 is 10.8 Å². The fourth-order valence-corrected chi connectivity index (χ4v) is 0.886. The molecule has 2 atom stereocenters. The van der Waals surface area contributed by atoms with Crippen LogP contribution in [0.4, 0.5) is 0 Å². The highest BCUT2D eigenvalue weighted by Crippen LogP contribution is 2.06. The smallest absolute Gasteiger partial charge is 0.0589 e. The van der Waals surface area contributed by atoms with Crippen molar-refractivity contribution in [3.8, 4) is 0 Å². The van der Waals surface area contributed by atoms with Crippen molar-refractivity contribution in [2.24, 2.45) is 5.73 Å². The van der Waals surface area contributed by atoms with Gasteiger partial charge >= 0.3 is 0 Å². The monoisotopic (exact) mass is 163 g/mol. The van der Waals surface area contributed by atoms with Crippen molar-refractivity contribution in [3.05, 3.63) is 12.7 Å². The SMILES string of the molecule is C=CCC(O)CC(Cl)CN. The Balaban J connectivity index is 3.35. The van der Waals surface area contributed by atoms with Crippen LogP contribution >= 0.6 is 11.6 Å². The minimum atomic E-state index is -0.386. The van der Waals surface area contributed by atoms with E-state index in [0.717, 1.165) is 0 Å². The normalized spacial score (nSPS) is 16.3. The molecule has 60 valence electrons. The summed E-state index contributed by atoms with van der Waals surface area (Å²) in [5.41, 5.74) is 5.25. The molecule has 0 amide bonds. The maximum Gasteiger partial charge on any atom is 0.0589 e. The average molecular weight is 164 g/mol. The summed E-state index contributed by atoms with van der Waals surface area (Å²) in [6.45, 7) is 3.91. The third kappa shape index (κ3) is 4.79. The Morgan fingerprint density at radius 1 is 1.70 bits per heavy atom. The van der Waals surface area contributed by atoms with Crippen LogP contribution in [0.15, 0.2) is 12.7 Å². The van der Waals surface area contributed by atoms with Crippen LogP contribution in [0.5, 0.6) is 0 Å². The Labute approximate surface area is 66.7 Å².